The lowest BCUT2D eigenvalue weighted by atomic mass is 10.1. The van der Waals surface area contributed by atoms with Crippen molar-refractivity contribution in [2.45, 2.75) is 12.5 Å². The zero-order valence-electron chi connectivity index (χ0n) is 16.3. The molecule has 0 radical (unpaired) electrons. The van der Waals surface area contributed by atoms with Crippen molar-refractivity contribution in [3.05, 3.63) is 64.4 Å². The number of ether oxygens (including phenoxy) is 2. The van der Waals surface area contributed by atoms with Crippen LogP contribution in [-0.4, -0.2) is 29.0 Å². The predicted molar refractivity (Wildman–Crippen MR) is 104 cm³/mol. The molecule has 33 heavy (non-hydrogen) atoms. The highest BCUT2D eigenvalue weighted by Gasteiger charge is 2.43. The lowest BCUT2D eigenvalue weighted by Crippen LogP contribution is -2.26. The van der Waals surface area contributed by atoms with Crippen molar-refractivity contribution < 1.29 is 36.2 Å². The summed E-state index contributed by atoms with van der Waals surface area (Å²) in [5.74, 6) is -1.09. The minimum atomic E-state index is -4.91. The van der Waals surface area contributed by atoms with E-state index >= 15 is 0 Å². The standard InChI is InChI=1S/C20H10ClF5N4O3/c1-29(11-5-6-14-15(8-11)33-20(25,26)32-14)18(31)10-3-2-4-12(7-10)30-17(21)13(9-27)16(28-30)19(22,23)24/h2-8H,1H3. The molecule has 2 heterocycles. The molecule has 0 fully saturated rings. The van der Waals surface area contributed by atoms with Crippen molar-refractivity contribution in [3.63, 3.8) is 0 Å². The number of hydrogen-bond acceptors (Lipinski definition) is 5. The third kappa shape index (κ3) is 4.03. The Hall–Kier alpha value is -3.85. The minimum absolute atomic E-state index is 0.00317. The SMILES string of the molecule is CN(C(=O)c1cccc(-n2nc(C(F)(F)F)c(C#N)c2Cl)c1)c1ccc2c(c1)OC(F)(F)O2. The number of aromatic nitrogens is 2. The first-order chi connectivity index (χ1) is 15.4. The van der Waals surface area contributed by atoms with Gasteiger partial charge in [-0.25, -0.2) is 4.68 Å². The molecule has 3 aromatic rings. The number of alkyl halides is 5. The number of rotatable bonds is 3. The van der Waals surface area contributed by atoms with Gasteiger partial charge in [0.25, 0.3) is 5.91 Å². The molecule has 4 rings (SSSR count). The second-order valence-electron chi connectivity index (χ2n) is 6.75. The maximum Gasteiger partial charge on any atom is 0.586 e. The molecule has 170 valence electrons. The van der Waals surface area contributed by atoms with Crippen molar-refractivity contribution >= 4 is 23.2 Å². The van der Waals surface area contributed by atoms with Crippen LogP contribution in [0.15, 0.2) is 42.5 Å². The first-order valence-corrected chi connectivity index (χ1v) is 9.33. The molecule has 1 aromatic heterocycles. The van der Waals surface area contributed by atoms with Crippen LogP contribution in [0.25, 0.3) is 5.69 Å². The molecule has 13 heteroatoms. The summed E-state index contributed by atoms with van der Waals surface area (Å²) >= 11 is 5.93. The molecule has 0 unspecified atom stereocenters. The molecule has 0 saturated carbocycles. The van der Waals surface area contributed by atoms with Crippen LogP contribution >= 0.6 is 11.6 Å². The van der Waals surface area contributed by atoms with Gasteiger partial charge in [0.05, 0.1) is 5.69 Å². The van der Waals surface area contributed by atoms with Gasteiger partial charge in [0.2, 0.25) is 0 Å². The summed E-state index contributed by atoms with van der Waals surface area (Å²) < 4.78 is 75.4. The van der Waals surface area contributed by atoms with Crippen LogP contribution in [0.5, 0.6) is 11.5 Å². The second-order valence-corrected chi connectivity index (χ2v) is 7.11. The summed E-state index contributed by atoms with van der Waals surface area (Å²) in [4.78, 5) is 14.1. The van der Waals surface area contributed by atoms with Gasteiger partial charge in [-0.15, -0.1) is 8.78 Å². The Morgan fingerprint density at radius 3 is 2.52 bits per heavy atom. The van der Waals surface area contributed by atoms with Gasteiger partial charge in [-0.1, -0.05) is 17.7 Å². The quantitative estimate of drug-likeness (QED) is 0.488. The van der Waals surface area contributed by atoms with Gasteiger partial charge in [0, 0.05) is 24.4 Å². The van der Waals surface area contributed by atoms with Crippen molar-refractivity contribution in [2.24, 2.45) is 0 Å². The molecule has 0 bridgehead atoms. The number of amides is 1. The fraction of sp³-hybridized carbons (Fsp3) is 0.150. The van der Waals surface area contributed by atoms with E-state index in [2.05, 4.69) is 14.6 Å². The monoisotopic (exact) mass is 484 g/mol. The lowest BCUT2D eigenvalue weighted by Gasteiger charge is -2.18. The Morgan fingerprint density at radius 1 is 1.18 bits per heavy atom. The Bertz CT molecular complexity index is 1320. The maximum atomic E-state index is 13.2. The number of halogens is 6. The lowest BCUT2D eigenvalue weighted by molar-refractivity contribution is -0.286. The highest BCUT2D eigenvalue weighted by Crippen LogP contribution is 2.43. The summed E-state index contributed by atoms with van der Waals surface area (Å²) in [6.45, 7) is 0. The molecule has 0 spiro atoms. The van der Waals surface area contributed by atoms with Gasteiger partial charge < -0.3 is 14.4 Å². The molecule has 0 saturated heterocycles. The summed E-state index contributed by atoms with van der Waals surface area (Å²) in [5, 5.41) is 11.9. The number of benzene rings is 2. The van der Waals surface area contributed by atoms with Crippen LogP contribution in [0.4, 0.5) is 27.6 Å². The summed E-state index contributed by atoms with van der Waals surface area (Å²) in [6, 6.07) is 10.5. The van der Waals surface area contributed by atoms with Gasteiger partial charge in [0.15, 0.2) is 22.3 Å². The average molecular weight is 485 g/mol. The average Bonchev–Trinajstić information content (AvgIpc) is 3.26. The number of nitrogens with zero attached hydrogens (tertiary/aromatic N) is 4. The molecule has 7 nitrogen and oxygen atoms in total. The molecule has 0 aliphatic carbocycles. The maximum absolute atomic E-state index is 13.2. The first kappa shape index (κ1) is 22.3. The van der Waals surface area contributed by atoms with Crippen molar-refractivity contribution in [1.82, 2.24) is 9.78 Å². The van der Waals surface area contributed by atoms with E-state index in [4.69, 9.17) is 16.9 Å². The molecule has 0 atom stereocenters. The van der Waals surface area contributed by atoms with Crippen molar-refractivity contribution in [1.29, 1.82) is 5.26 Å². The second kappa shape index (κ2) is 7.63. The van der Waals surface area contributed by atoms with E-state index in [1.807, 2.05) is 0 Å². The van der Waals surface area contributed by atoms with Gasteiger partial charge in [-0.2, -0.15) is 23.5 Å². The smallest absolute Gasteiger partial charge is 0.395 e. The van der Waals surface area contributed by atoms with Crippen LogP contribution in [0.3, 0.4) is 0 Å². The fourth-order valence-corrected chi connectivity index (χ4v) is 3.36. The van der Waals surface area contributed by atoms with Crippen molar-refractivity contribution in [2.75, 3.05) is 11.9 Å². The molecule has 1 aliphatic heterocycles. The summed E-state index contributed by atoms with van der Waals surface area (Å²) in [5.41, 5.74) is -2.10. The Kier molecular flexibility index (Phi) is 5.17. The first-order valence-electron chi connectivity index (χ1n) is 8.95. The highest BCUT2D eigenvalue weighted by atomic mass is 35.5. The van der Waals surface area contributed by atoms with Crippen LogP contribution in [0.2, 0.25) is 5.15 Å². The number of fused-ring (bicyclic) bond motifs is 1. The van der Waals surface area contributed by atoms with Crippen LogP contribution < -0.4 is 14.4 Å². The molecule has 0 N–H and O–H groups in total. The Morgan fingerprint density at radius 2 is 1.88 bits per heavy atom. The zero-order chi connectivity index (χ0) is 24.1. The third-order valence-corrected chi connectivity index (χ3v) is 4.97. The highest BCUT2D eigenvalue weighted by molar-refractivity contribution is 6.31. The topological polar surface area (TPSA) is 80.4 Å². The van der Waals surface area contributed by atoms with Crippen LogP contribution in [0.1, 0.15) is 21.6 Å². The molecule has 1 aliphatic rings. The number of carbonyl (C=O) groups excluding carboxylic acids is 1. The fourth-order valence-electron chi connectivity index (χ4n) is 3.09. The van der Waals surface area contributed by atoms with Gasteiger partial charge in [-0.3, -0.25) is 4.79 Å². The van der Waals surface area contributed by atoms with E-state index in [1.54, 1.807) is 0 Å². The van der Waals surface area contributed by atoms with Crippen LogP contribution in [0, 0.1) is 11.3 Å². The Labute approximate surface area is 187 Å². The largest absolute Gasteiger partial charge is 0.586 e. The number of hydrogen-bond donors (Lipinski definition) is 0. The number of carbonyl (C=O) groups is 1. The molecular formula is C20H10ClF5N4O3. The van der Waals surface area contributed by atoms with Gasteiger partial charge in [0.1, 0.15) is 11.6 Å². The van der Waals surface area contributed by atoms with E-state index in [1.165, 1.54) is 55.6 Å². The van der Waals surface area contributed by atoms with E-state index in [0.29, 0.717) is 4.68 Å². The normalized spacial score (nSPS) is 14.1. The minimum Gasteiger partial charge on any atom is -0.395 e. The van der Waals surface area contributed by atoms with Crippen LogP contribution in [-0.2, 0) is 6.18 Å². The summed E-state index contributed by atoms with van der Waals surface area (Å²) in [6.07, 6.45) is -8.73. The third-order valence-electron chi connectivity index (χ3n) is 4.62. The molecular weight excluding hydrogens is 475 g/mol. The van der Waals surface area contributed by atoms with Crippen molar-refractivity contribution in [3.8, 4) is 23.3 Å². The number of nitriles is 1. The predicted octanol–water partition coefficient (Wildman–Crippen LogP) is 5.01. The van der Waals surface area contributed by atoms with E-state index < -0.39 is 34.8 Å². The van der Waals surface area contributed by atoms with Gasteiger partial charge >= 0.3 is 12.5 Å². The molecule has 2 aromatic carbocycles. The van der Waals surface area contributed by atoms with Gasteiger partial charge in [-0.05, 0) is 30.3 Å². The number of anilines is 1. The van der Waals surface area contributed by atoms with E-state index in [-0.39, 0.29) is 28.4 Å². The van der Waals surface area contributed by atoms with E-state index in [0.717, 1.165) is 4.90 Å². The zero-order valence-corrected chi connectivity index (χ0v) is 17.1. The summed E-state index contributed by atoms with van der Waals surface area (Å²) in [7, 11) is 1.36. The molecule has 1 amide bonds. The van der Waals surface area contributed by atoms with E-state index in [9.17, 15) is 26.7 Å². The Balaban J connectivity index is 1.66.